The minimum absolute atomic E-state index is 0.121. The Kier molecular flexibility index (Phi) is 6.33. The molecule has 1 heterocycles. The van der Waals surface area contributed by atoms with Crippen LogP contribution >= 0.6 is 11.6 Å². The predicted octanol–water partition coefficient (Wildman–Crippen LogP) is 2.12. The van der Waals surface area contributed by atoms with Crippen LogP contribution in [0.15, 0.2) is 42.5 Å². The zero-order chi connectivity index (χ0) is 19.9. The molecular weight excluding hydrogens is 388 g/mol. The Labute approximate surface area is 165 Å². The summed E-state index contributed by atoms with van der Waals surface area (Å²) < 4.78 is 15.9. The third kappa shape index (κ3) is 4.92. The van der Waals surface area contributed by atoms with Gasteiger partial charge in [-0.2, -0.15) is 0 Å². The summed E-state index contributed by atoms with van der Waals surface area (Å²) in [6, 6.07) is 11.2. The lowest BCUT2D eigenvalue weighted by Gasteiger charge is -2.11. The van der Waals surface area contributed by atoms with Crippen molar-refractivity contribution < 1.29 is 28.6 Å². The van der Waals surface area contributed by atoms with Crippen molar-refractivity contribution in [3.05, 3.63) is 58.6 Å². The number of rotatable bonds is 4. The number of carbonyl (C=O) groups is 3. The summed E-state index contributed by atoms with van der Waals surface area (Å²) in [5, 5.41) is 0.214. The molecule has 2 amide bonds. The second-order valence-electron chi connectivity index (χ2n) is 5.78. The van der Waals surface area contributed by atoms with E-state index in [1.165, 1.54) is 12.1 Å². The highest BCUT2D eigenvalue weighted by molar-refractivity contribution is 6.32. The average Bonchev–Trinajstić information content (AvgIpc) is 2.96. The lowest BCUT2D eigenvalue weighted by molar-refractivity contribution is -0.125. The van der Waals surface area contributed by atoms with E-state index in [-0.39, 0.29) is 10.6 Å². The summed E-state index contributed by atoms with van der Waals surface area (Å²) in [7, 11) is 0. The van der Waals surface area contributed by atoms with Crippen LogP contribution < -0.4 is 20.3 Å². The van der Waals surface area contributed by atoms with Gasteiger partial charge >= 0.3 is 5.97 Å². The Bertz CT molecular complexity index is 887. The largest absolute Gasteiger partial charge is 0.489 e. The number of esters is 1. The number of nitrogens with one attached hydrogen (secondary N) is 2. The molecular formula is C19H17ClN2O6. The average molecular weight is 405 g/mol. The minimum atomic E-state index is -0.762. The summed E-state index contributed by atoms with van der Waals surface area (Å²) in [5.41, 5.74) is 4.90. The van der Waals surface area contributed by atoms with Crippen molar-refractivity contribution in [3.8, 4) is 11.5 Å². The van der Waals surface area contributed by atoms with Gasteiger partial charge in [0.2, 0.25) is 0 Å². The fraction of sp³-hybridized carbons (Fsp3) is 0.211. The van der Waals surface area contributed by atoms with Gasteiger partial charge in [0.15, 0.2) is 18.1 Å². The summed E-state index contributed by atoms with van der Waals surface area (Å²) in [4.78, 5) is 35.8. The van der Waals surface area contributed by atoms with Crippen molar-refractivity contribution in [1.29, 1.82) is 0 Å². The smallest absolute Gasteiger partial charge is 0.338 e. The molecule has 3 rings (SSSR count). The van der Waals surface area contributed by atoms with E-state index in [2.05, 4.69) is 10.9 Å². The Morgan fingerprint density at radius 2 is 1.75 bits per heavy atom. The lowest BCUT2D eigenvalue weighted by Crippen LogP contribution is -2.43. The number of ether oxygens (including phenoxy) is 3. The zero-order valence-electron chi connectivity index (χ0n) is 14.7. The monoisotopic (exact) mass is 404 g/mol. The number of fused-ring (bicyclic) bond motifs is 1. The molecule has 8 nitrogen and oxygen atoms in total. The first-order chi connectivity index (χ1) is 13.5. The van der Waals surface area contributed by atoms with Gasteiger partial charge in [0.25, 0.3) is 11.8 Å². The standard InChI is InChI=1S/C19H17ClN2O6/c20-14-9-13(10-15-17(14)27-8-4-7-26-15)19(25)28-11-16(23)21-22-18(24)12-5-2-1-3-6-12/h1-3,5-6,9-10H,4,7-8,11H2,(H,21,23)(H,22,24). The van der Waals surface area contributed by atoms with Crippen LogP contribution in [0.25, 0.3) is 0 Å². The van der Waals surface area contributed by atoms with Gasteiger partial charge in [-0.25, -0.2) is 4.79 Å². The van der Waals surface area contributed by atoms with Gasteiger partial charge in [-0.15, -0.1) is 0 Å². The lowest BCUT2D eigenvalue weighted by atomic mass is 10.2. The van der Waals surface area contributed by atoms with Crippen molar-refractivity contribution >= 4 is 29.4 Å². The third-order valence-corrected chi connectivity index (χ3v) is 4.00. The van der Waals surface area contributed by atoms with Crippen LogP contribution in [0, 0.1) is 0 Å². The molecule has 0 unspecified atom stereocenters. The highest BCUT2D eigenvalue weighted by atomic mass is 35.5. The molecule has 0 spiro atoms. The Morgan fingerprint density at radius 1 is 1.00 bits per heavy atom. The topological polar surface area (TPSA) is 103 Å². The van der Waals surface area contributed by atoms with Gasteiger partial charge in [0.05, 0.1) is 23.8 Å². The Hall–Kier alpha value is -3.26. The van der Waals surface area contributed by atoms with Crippen LogP contribution in [0.5, 0.6) is 11.5 Å². The molecule has 1 aliphatic heterocycles. The maximum absolute atomic E-state index is 12.2. The van der Waals surface area contributed by atoms with Crippen LogP contribution in [-0.4, -0.2) is 37.6 Å². The van der Waals surface area contributed by atoms with E-state index in [1.807, 2.05) is 0 Å². The van der Waals surface area contributed by atoms with Crippen LogP contribution in [0.2, 0.25) is 5.02 Å². The van der Waals surface area contributed by atoms with Crippen molar-refractivity contribution in [1.82, 2.24) is 10.9 Å². The van der Waals surface area contributed by atoms with E-state index in [0.29, 0.717) is 36.7 Å². The van der Waals surface area contributed by atoms with Crippen LogP contribution in [0.1, 0.15) is 27.1 Å². The van der Waals surface area contributed by atoms with Crippen molar-refractivity contribution in [2.45, 2.75) is 6.42 Å². The summed E-state index contributed by atoms with van der Waals surface area (Å²) in [6.07, 6.45) is 0.694. The number of halogens is 1. The molecule has 1 aliphatic rings. The van der Waals surface area contributed by atoms with E-state index in [1.54, 1.807) is 30.3 Å². The van der Waals surface area contributed by atoms with Gasteiger partial charge in [0.1, 0.15) is 0 Å². The maximum Gasteiger partial charge on any atom is 0.338 e. The number of hydrazine groups is 1. The van der Waals surface area contributed by atoms with E-state index in [4.69, 9.17) is 25.8 Å². The Balaban J connectivity index is 1.52. The number of carbonyl (C=O) groups excluding carboxylic acids is 3. The van der Waals surface area contributed by atoms with Gasteiger partial charge < -0.3 is 14.2 Å². The first kappa shape index (κ1) is 19.5. The number of hydrogen-bond donors (Lipinski definition) is 2. The first-order valence-electron chi connectivity index (χ1n) is 8.45. The summed E-state index contributed by atoms with van der Waals surface area (Å²) in [6.45, 7) is 0.316. The molecule has 2 aromatic carbocycles. The number of amides is 2. The fourth-order valence-corrected chi connectivity index (χ4v) is 2.65. The van der Waals surface area contributed by atoms with Crippen LogP contribution in [0.4, 0.5) is 0 Å². The van der Waals surface area contributed by atoms with Crippen molar-refractivity contribution in [3.63, 3.8) is 0 Å². The molecule has 0 aromatic heterocycles. The highest BCUT2D eigenvalue weighted by Gasteiger charge is 2.20. The number of hydrogen-bond acceptors (Lipinski definition) is 6. The number of benzene rings is 2. The molecule has 28 heavy (non-hydrogen) atoms. The van der Waals surface area contributed by atoms with Gasteiger partial charge in [-0.1, -0.05) is 29.8 Å². The molecule has 0 bridgehead atoms. The molecule has 2 aromatic rings. The molecule has 0 radical (unpaired) electrons. The van der Waals surface area contributed by atoms with Crippen molar-refractivity contribution in [2.24, 2.45) is 0 Å². The molecule has 0 saturated carbocycles. The van der Waals surface area contributed by atoms with Crippen LogP contribution in [-0.2, 0) is 9.53 Å². The second kappa shape index (κ2) is 9.09. The van der Waals surface area contributed by atoms with Gasteiger partial charge in [-0.05, 0) is 24.3 Å². The van der Waals surface area contributed by atoms with Crippen molar-refractivity contribution in [2.75, 3.05) is 19.8 Å². The SMILES string of the molecule is O=C(COC(=O)c1cc(Cl)c2c(c1)OCCCO2)NNC(=O)c1ccccc1. The van der Waals surface area contributed by atoms with Gasteiger partial charge in [-0.3, -0.25) is 20.4 Å². The van der Waals surface area contributed by atoms with E-state index >= 15 is 0 Å². The second-order valence-corrected chi connectivity index (χ2v) is 6.19. The van der Waals surface area contributed by atoms with Gasteiger partial charge in [0, 0.05) is 12.0 Å². The molecule has 2 N–H and O–H groups in total. The van der Waals surface area contributed by atoms with Crippen LogP contribution in [0.3, 0.4) is 0 Å². The first-order valence-corrected chi connectivity index (χ1v) is 8.83. The van der Waals surface area contributed by atoms with E-state index in [9.17, 15) is 14.4 Å². The summed E-state index contributed by atoms with van der Waals surface area (Å²) in [5.74, 6) is -1.23. The molecule has 0 aliphatic carbocycles. The molecule has 0 saturated heterocycles. The minimum Gasteiger partial charge on any atom is -0.489 e. The fourth-order valence-electron chi connectivity index (χ4n) is 2.39. The quantitative estimate of drug-likeness (QED) is 0.597. The highest BCUT2D eigenvalue weighted by Crippen LogP contribution is 2.38. The third-order valence-electron chi connectivity index (χ3n) is 3.72. The predicted molar refractivity (Wildman–Crippen MR) is 99.4 cm³/mol. The molecule has 0 fully saturated rings. The normalized spacial score (nSPS) is 12.5. The van der Waals surface area contributed by atoms with E-state index in [0.717, 1.165) is 0 Å². The van der Waals surface area contributed by atoms with E-state index < -0.39 is 24.4 Å². The molecule has 146 valence electrons. The molecule has 9 heteroatoms. The summed E-state index contributed by atoms with van der Waals surface area (Å²) >= 11 is 6.13. The maximum atomic E-state index is 12.2. The Morgan fingerprint density at radius 3 is 2.54 bits per heavy atom. The zero-order valence-corrected chi connectivity index (χ0v) is 15.5. The molecule has 0 atom stereocenters.